The molecule has 2 aliphatic rings. The third-order valence-electron chi connectivity index (χ3n) is 6.60. The summed E-state index contributed by atoms with van der Waals surface area (Å²) in [6.45, 7) is 8.65. The van der Waals surface area contributed by atoms with E-state index in [1.807, 2.05) is 0 Å². The summed E-state index contributed by atoms with van der Waals surface area (Å²) in [5.74, 6) is 2.59. The summed E-state index contributed by atoms with van der Waals surface area (Å²) in [7, 11) is 0. The van der Waals surface area contributed by atoms with Gasteiger partial charge < -0.3 is 9.72 Å². The number of hydrogen-bond donors (Lipinski definition) is 1. The molecule has 5 rings (SSSR count). The first-order valence-corrected chi connectivity index (χ1v) is 10.9. The van der Waals surface area contributed by atoms with Gasteiger partial charge in [0.05, 0.1) is 6.20 Å². The number of likely N-dealkylation sites (tertiary alicyclic amines) is 1. The molecule has 2 atom stereocenters. The molecule has 2 saturated heterocycles. The van der Waals surface area contributed by atoms with Gasteiger partial charge in [-0.25, -0.2) is 9.50 Å². The number of benzene rings is 1. The topological polar surface area (TPSA) is 75.5 Å². The van der Waals surface area contributed by atoms with E-state index in [1.54, 1.807) is 10.7 Å². The van der Waals surface area contributed by atoms with Crippen molar-refractivity contribution in [2.75, 3.05) is 26.3 Å². The van der Waals surface area contributed by atoms with Gasteiger partial charge in [0.15, 0.2) is 5.52 Å². The van der Waals surface area contributed by atoms with E-state index in [1.165, 1.54) is 11.1 Å². The molecular weight excluding hydrogens is 378 g/mol. The highest BCUT2D eigenvalue weighted by molar-refractivity contribution is 5.42. The van der Waals surface area contributed by atoms with E-state index in [9.17, 15) is 4.79 Å². The lowest BCUT2D eigenvalue weighted by molar-refractivity contribution is 0.0832. The molecule has 0 spiro atoms. The Kier molecular flexibility index (Phi) is 5.16. The van der Waals surface area contributed by atoms with Gasteiger partial charge in [0.25, 0.3) is 5.56 Å². The van der Waals surface area contributed by atoms with E-state index in [4.69, 9.17) is 9.84 Å². The van der Waals surface area contributed by atoms with E-state index in [-0.39, 0.29) is 11.5 Å². The van der Waals surface area contributed by atoms with Crippen molar-refractivity contribution < 1.29 is 4.74 Å². The average molecular weight is 408 g/mol. The Morgan fingerprint density at radius 1 is 1.17 bits per heavy atom. The number of ether oxygens (including phenoxy) is 1. The Balaban J connectivity index is 1.41. The van der Waals surface area contributed by atoms with Crippen LogP contribution in [0.25, 0.3) is 5.52 Å². The third kappa shape index (κ3) is 3.68. The minimum absolute atomic E-state index is 0.102. The quantitative estimate of drug-likeness (QED) is 0.720. The number of rotatable bonds is 4. The fraction of sp³-hybridized carbons (Fsp3) is 0.522. The largest absolute Gasteiger partial charge is 0.381 e. The van der Waals surface area contributed by atoms with Crippen LogP contribution in [0.1, 0.15) is 54.4 Å². The van der Waals surface area contributed by atoms with Crippen molar-refractivity contribution >= 4 is 5.52 Å². The molecular formula is C23H29N5O2. The van der Waals surface area contributed by atoms with E-state index < -0.39 is 0 Å². The maximum atomic E-state index is 12.8. The lowest BCUT2D eigenvalue weighted by Crippen LogP contribution is -2.24. The van der Waals surface area contributed by atoms with Crippen molar-refractivity contribution in [3.05, 3.63) is 63.6 Å². The minimum atomic E-state index is -0.102. The van der Waals surface area contributed by atoms with Gasteiger partial charge in [-0.2, -0.15) is 5.10 Å². The molecule has 0 radical (unpaired) electrons. The molecule has 2 fully saturated rings. The summed E-state index contributed by atoms with van der Waals surface area (Å²) in [4.78, 5) is 22.8. The number of fused-ring (bicyclic) bond motifs is 1. The average Bonchev–Trinajstić information content (AvgIpc) is 3.34. The second-order valence-electron chi connectivity index (χ2n) is 8.90. The van der Waals surface area contributed by atoms with Crippen LogP contribution in [0, 0.1) is 12.8 Å². The Labute approximate surface area is 176 Å². The second-order valence-corrected chi connectivity index (χ2v) is 8.90. The lowest BCUT2D eigenvalue weighted by atomic mass is 9.97. The number of nitrogens with zero attached hydrogens (tertiary/aromatic N) is 4. The molecule has 0 aliphatic carbocycles. The highest BCUT2D eigenvalue weighted by Crippen LogP contribution is 2.31. The van der Waals surface area contributed by atoms with Crippen LogP contribution in [0.3, 0.4) is 0 Å². The maximum Gasteiger partial charge on any atom is 0.276 e. The van der Waals surface area contributed by atoms with Crippen LogP contribution in [0.5, 0.6) is 0 Å². The SMILES string of the molecule is Cc1ccc(CN2CC(C)C(c3nn4c(C5CCOCC5)ncc4c(=O)[nH]3)C2)cc1. The van der Waals surface area contributed by atoms with Crippen molar-refractivity contribution in [1.82, 2.24) is 24.5 Å². The summed E-state index contributed by atoms with van der Waals surface area (Å²) >= 11 is 0. The zero-order valence-corrected chi connectivity index (χ0v) is 17.7. The standard InChI is InChI=1S/C23H29N5O2/c1-15-3-5-17(6-4-15)13-27-12-16(2)19(14-27)21-25-23(29)20-11-24-22(28(20)26-21)18-7-9-30-10-8-18/h3-6,11,16,18-19H,7-10,12-14H2,1-2H3,(H,25,26,29). The first kappa shape index (κ1) is 19.5. The van der Waals surface area contributed by atoms with Crippen LogP contribution in [-0.4, -0.2) is 50.8 Å². The van der Waals surface area contributed by atoms with E-state index in [2.05, 4.69) is 53.0 Å². The van der Waals surface area contributed by atoms with Gasteiger partial charge in [0.1, 0.15) is 11.6 Å². The summed E-state index contributed by atoms with van der Waals surface area (Å²) in [6.07, 6.45) is 3.50. The Morgan fingerprint density at radius 2 is 1.93 bits per heavy atom. The summed E-state index contributed by atoms with van der Waals surface area (Å²) in [5, 5.41) is 4.89. The number of H-pyrrole nitrogens is 1. The van der Waals surface area contributed by atoms with Gasteiger partial charge in [-0.1, -0.05) is 36.8 Å². The summed E-state index contributed by atoms with van der Waals surface area (Å²) < 4.78 is 7.28. The molecule has 3 aromatic rings. The van der Waals surface area contributed by atoms with Crippen molar-refractivity contribution in [1.29, 1.82) is 0 Å². The molecule has 0 saturated carbocycles. The fourth-order valence-electron chi connectivity index (χ4n) is 4.84. The fourth-order valence-corrected chi connectivity index (χ4v) is 4.84. The highest BCUT2D eigenvalue weighted by atomic mass is 16.5. The molecule has 7 nitrogen and oxygen atoms in total. The number of aromatic nitrogens is 4. The first-order chi connectivity index (χ1) is 14.6. The zero-order valence-electron chi connectivity index (χ0n) is 17.7. The second kappa shape index (κ2) is 7.96. The molecule has 2 unspecified atom stereocenters. The molecule has 158 valence electrons. The van der Waals surface area contributed by atoms with E-state index in [0.29, 0.717) is 17.4 Å². The van der Waals surface area contributed by atoms with Crippen LogP contribution >= 0.6 is 0 Å². The molecule has 30 heavy (non-hydrogen) atoms. The number of hydrogen-bond acceptors (Lipinski definition) is 5. The first-order valence-electron chi connectivity index (χ1n) is 10.9. The Bertz CT molecular complexity index is 1080. The van der Waals surface area contributed by atoms with Gasteiger partial charge >= 0.3 is 0 Å². The predicted molar refractivity (Wildman–Crippen MR) is 115 cm³/mol. The Morgan fingerprint density at radius 3 is 2.70 bits per heavy atom. The molecule has 4 heterocycles. The summed E-state index contributed by atoms with van der Waals surface area (Å²) in [5.41, 5.74) is 3.03. The number of imidazole rings is 1. The van der Waals surface area contributed by atoms with Crippen LogP contribution in [0.15, 0.2) is 35.3 Å². The van der Waals surface area contributed by atoms with Gasteiger partial charge in [-0.15, -0.1) is 0 Å². The van der Waals surface area contributed by atoms with Crippen molar-refractivity contribution in [2.24, 2.45) is 5.92 Å². The monoisotopic (exact) mass is 407 g/mol. The molecule has 2 aliphatic heterocycles. The van der Waals surface area contributed by atoms with Crippen LogP contribution in [0.2, 0.25) is 0 Å². The molecule has 1 N–H and O–H groups in total. The molecule has 0 amide bonds. The van der Waals surface area contributed by atoms with Gasteiger partial charge in [0, 0.05) is 44.7 Å². The van der Waals surface area contributed by atoms with Crippen molar-refractivity contribution in [2.45, 2.75) is 45.1 Å². The van der Waals surface area contributed by atoms with E-state index >= 15 is 0 Å². The minimum Gasteiger partial charge on any atom is -0.381 e. The van der Waals surface area contributed by atoms with Crippen LogP contribution in [0.4, 0.5) is 0 Å². The maximum absolute atomic E-state index is 12.8. The highest BCUT2D eigenvalue weighted by Gasteiger charge is 2.33. The number of aromatic amines is 1. The van der Waals surface area contributed by atoms with Gasteiger partial charge in [-0.3, -0.25) is 9.69 Å². The third-order valence-corrected chi connectivity index (χ3v) is 6.60. The Hall–Kier alpha value is -2.51. The lowest BCUT2D eigenvalue weighted by Gasteiger charge is -2.21. The number of nitrogens with one attached hydrogen (secondary N) is 1. The molecule has 0 bridgehead atoms. The van der Waals surface area contributed by atoms with E-state index in [0.717, 1.165) is 57.3 Å². The van der Waals surface area contributed by atoms with Crippen molar-refractivity contribution in [3.63, 3.8) is 0 Å². The molecule has 1 aromatic carbocycles. The number of aryl methyl sites for hydroxylation is 1. The van der Waals surface area contributed by atoms with Crippen LogP contribution in [-0.2, 0) is 11.3 Å². The van der Waals surface area contributed by atoms with Crippen LogP contribution < -0.4 is 5.56 Å². The molecule has 7 heteroatoms. The van der Waals surface area contributed by atoms with Gasteiger partial charge in [-0.05, 0) is 31.2 Å². The molecule has 2 aromatic heterocycles. The summed E-state index contributed by atoms with van der Waals surface area (Å²) in [6, 6.07) is 8.72. The normalized spacial score (nSPS) is 23.4. The zero-order chi connectivity index (χ0) is 20.7. The smallest absolute Gasteiger partial charge is 0.276 e. The predicted octanol–water partition coefficient (Wildman–Crippen LogP) is 2.86. The van der Waals surface area contributed by atoms with Gasteiger partial charge in [0.2, 0.25) is 0 Å². The van der Waals surface area contributed by atoms with Crippen molar-refractivity contribution in [3.8, 4) is 0 Å².